The van der Waals surface area contributed by atoms with Crippen molar-refractivity contribution in [2.24, 2.45) is 4.99 Å². The van der Waals surface area contributed by atoms with Gasteiger partial charge in [-0.2, -0.15) is 4.37 Å². The first-order valence-corrected chi connectivity index (χ1v) is 8.56. The summed E-state index contributed by atoms with van der Waals surface area (Å²) in [6, 6.07) is 1.29. The normalized spacial score (nSPS) is 13.5. The second-order valence-electron chi connectivity index (χ2n) is 5.83. The Morgan fingerprint density at radius 2 is 2.27 bits per heavy atom. The van der Waals surface area contributed by atoms with Gasteiger partial charge < -0.3 is 4.74 Å². The average molecular weight is 337 g/mol. The molecule has 0 aliphatic heterocycles. The highest BCUT2D eigenvalue weighted by atomic mass is 32.1. The Morgan fingerprint density at radius 1 is 1.50 bits per heavy atom. The molecule has 1 unspecified atom stereocenters. The number of rotatable bonds is 5. The van der Waals surface area contributed by atoms with Crippen LogP contribution in [0.3, 0.4) is 0 Å². The summed E-state index contributed by atoms with van der Waals surface area (Å²) < 4.78 is 9.69. The molecule has 0 radical (unpaired) electrons. The molecule has 0 aromatic carbocycles. The second-order valence-corrected chi connectivity index (χ2v) is 7.76. The third-order valence-electron chi connectivity index (χ3n) is 2.58. The molecule has 1 atom stereocenters. The van der Waals surface area contributed by atoms with Crippen LogP contribution >= 0.6 is 22.9 Å². The zero-order valence-corrected chi connectivity index (χ0v) is 14.7. The number of aryl methyl sites for hydroxylation is 1. The van der Waals surface area contributed by atoms with E-state index in [4.69, 9.17) is 4.74 Å². The fourth-order valence-electron chi connectivity index (χ4n) is 1.69. The largest absolute Gasteiger partial charge is 0.458 e. The van der Waals surface area contributed by atoms with E-state index in [9.17, 15) is 4.79 Å². The van der Waals surface area contributed by atoms with Gasteiger partial charge in [0, 0.05) is 22.9 Å². The van der Waals surface area contributed by atoms with Crippen molar-refractivity contribution in [1.29, 1.82) is 0 Å². The summed E-state index contributed by atoms with van der Waals surface area (Å²) in [6.45, 7) is 7.52. The van der Waals surface area contributed by atoms with Gasteiger partial charge in [-0.1, -0.05) is 0 Å². The Morgan fingerprint density at radius 3 is 2.82 bits per heavy atom. The van der Waals surface area contributed by atoms with Gasteiger partial charge in [-0.15, -0.1) is 11.3 Å². The minimum absolute atomic E-state index is 0.343. The first-order chi connectivity index (χ1) is 10.3. The van der Waals surface area contributed by atoms with Crippen LogP contribution in [-0.4, -0.2) is 33.2 Å². The van der Waals surface area contributed by atoms with Crippen LogP contribution in [0.5, 0.6) is 0 Å². The molecule has 2 rings (SSSR count). The fraction of sp³-hybridized carbons (Fsp3) is 0.467. The summed E-state index contributed by atoms with van der Waals surface area (Å²) in [5, 5.41) is 2.67. The van der Waals surface area contributed by atoms with Crippen LogP contribution < -0.4 is 0 Å². The van der Waals surface area contributed by atoms with Gasteiger partial charge in [0.05, 0.1) is 11.9 Å². The van der Waals surface area contributed by atoms with Crippen LogP contribution in [0.1, 0.15) is 36.3 Å². The number of hydrogen-bond acceptors (Lipinski definition) is 7. The maximum Gasteiger partial charge on any atom is 0.331 e. The molecule has 22 heavy (non-hydrogen) atoms. The van der Waals surface area contributed by atoms with E-state index in [1.54, 1.807) is 12.4 Å². The second kappa shape index (κ2) is 7.11. The van der Waals surface area contributed by atoms with Crippen LogP contribution in [0, 0.1) is 6.92 Å². The van der Waals surface area contributed by atoms with Crippen molar-refractivity contribution in [1.82, 2.24) is 9.36 Å². The predicted octanol–water partition coefficient (Wildman–Crippen LogP) is 3.28. The Labute approximate surface area is 138 Å². The molecule has 0 aliphatic carbocycles. The highest BCUT2D eigenvalue weighted by Crippen LogP contribution is 2.14. The predicted molar refractivity (Wildman–Crippen MR) is 89.9 cm³/mol. The molecule has 0 saturated heterocycles. The average Bonchev–Trinajstić information content (AvgIpc) is 3.03. The lowest BCUT2D eigenvalue weighted by Crippen LogP contribution is -2.32. The lowest BCUT2D eigenvalue weighted by atomic mass is 10.1. The van der Waals surface area contributed by atoms with Crippen molar-refractivity contribution in [3.63, 3.8) is 0 Å². The number of carbonyl (C=O) groups excluding carboxylic acids is 1. The highest BCUT2D eigenvalue weighted by Gasteiger charge is 2.25. The Balaban J connectivity index is 2.13. The number of thiazole rings is 1. The van der Waals surface area contributed by atoms with E-state index < -0.39 is 11.6 Å². The Bertz CT molecular complexity index is 642. The molecule has 0 amide bonds. The number of aromatic nitrogens is 2. The molecule has 5 nitrogen and oxygen atoms in total. The van der Waals surface area contributed by atoms with Crippen molar-refractivity contribution in [2.75, 3.05) is 0 Å². The third-order valence-corrected chi connectivity index (χ3v) is 4.02. The van der Waals surface area contributed by atoms with Crippen LogP contribution in [0.25, 0.3) is 0 Å². The molecule has 0 saturated carbocycles. The molecule has 0 aliphatic rings. The maximum atomic E-state index is 12.3. The van der Waals surface area contributed by atoms with Crippen LogP contribution in [-0.2, 0) is 16.0 Å². The molecule has 0 fully saturated rings. The number of carbonyl (C=O) groups is 1. The van der Waals surface area contributed by atoms with E-state index in [-0.39, 0.29) is 5.97 Å². The Hall–Kier alpha value is -1.60. The van der Waals surface area contributed by atoms with E-state index in [0.29, 0.717) is 6.42 Å². The number of hydrogen-bond donors (Lipinski definition) is 0. The smallest absolute Gasteiger partial charge is 0.331 e. The van der Waals surface area contributed by atoms with Gasteiger partial charge in [0.1, 0.15) is 10.6 Å². The quantitative estimate of drug-likeness (QED) is 0.620. The highest BCUT2D eigenvalue weighted by molar-refractivity contribution is 7.13. The van der Waals surface area contributed by atoms with E-state index in [2.05, 4.69) is 14.3 Å². The first kappa shape index (κ1) is 16.8. The summed E-state index contributed by atoms with van der Waals surface area (Å²) in [5.74, 6) is -0.343. The number of esters is 1. The molecule has 0 spiro atoms. The topological polar surface area (TPSA) is 64.4 Å². The van der Waals surface area contributed by atoms with Crippen molar-refractivity contribution in [3.05, 3.63) is 33.2 Å². The molecule has 118 valence electrons. The SMILES string of the molecule is Cc1cnc(C=NC(Cc2ccsn2)C(=O)OC(C)(C)C)s1. The van der Waals surface area contributed by atoms with Crippen LogP contribution in [0.15, 0.2) is 22.6 Å². The van der Waals surface area contributed by atoms with Crippen molar-refractivity contribution in [2.45, 2.75) is 45.8 Å². The lowest BCUT2D eigenvalue weighted by molar-refractivity contribution is -0.156. The van der Waals surface area contributed by atoms with Gasteiger partial charge in [-0.05, 0) is 45.3 Å². The summed E-state index contributed by atoms with van der Waals surface area (Å²) in [7, 11) is 0. The van der Waals surface area contributed by atoms with Gasteiger partial charge in [-0.25, -0.2) is 9.78 Å². The molecule has 2 aromatic rings. The van der Waals surface area contributed by atoms with Gasteiger partial charge in [0.2, 0.25) is 0 Å². The number of aliphatic imine (C=N–C) groups is 1. The van der Waals surface area contributed by atoms with Crippen molar-refractivity contribution < 1.29 is 9.53 Å². The molecular weight excluding hydrogens is 318 g/mol. The van der Waals surface area contributed by atoms with Gasteiger partial charge in [0.15, 0.2) is 6.04 Å². The first-order valence-electron chi connectivity index (χ1n) is 6.91. The zero-order chi connectivity index (χ0) is 16.2. The van der Waals surface area contributed by atoms with E-state index in [1.807, 2.05) is 39.1 Å². The maximum absolute atomic E-state index is 12.3. The molecule has 2 aromatic heterocycles. The molecule has 7 heteroatoms. The van der Waals surface area contributed by atoms with Gasteiger partial charge in [-0.3, -0.25) is 4.99 Å². The summed E-state index contributed by atoms with van der Waals surface area (Å²) in [6.07, 6.45) is 3.85. The van der Waals surface area contributed by atoms with Gasteiger partial charge >= 0.3 is 5.97 Å². The monoisotopic (exact) mass is 337 g/mol. The summed E-state index contributed by atoms with van der Waals surface area (Å²) in [4.78, 5) is 22.0. The van der Waals surface area contributed by atoms with Crippen molar-refractivity contribution in [3.8, 4) is 0 Å². The molecular formula is C15H19N3O2S2. The van der Waals surface area contributed by atoms with E-state index in [0.717, 1.165) is 15.6 Å². The zero-order valence-electron chi connectivity index (χ0n) is 13.1. The third kappa shape index (κ3) is 5.31. The van der Waals surface area contributed by atoms with Gasteiger partial charge in [0.25, 0.3) is 0 Å². The van der Waals surface area contributed by atoms with E-state index >= 15 is 0 Å². The van der Waals surface area contributed by atoms with E-state index in [1.165, 1.54) is 22.9 Å². The minimum atomic E-state index is -0.606. The van der Waals surface area contributed by atoms with Crippen LogP contribution in [0.2, 0.25) is 0 Å². The molecule has 0 bridgehead atoms. The minimum Gasteiger partial charge on any atom is -0.458 e. The fourth-order valence-corrected chi connectivity index (χ4v) is 2.90. The van der Waals surface area contributed by atoms with Crippen LogP contribution in [0.4, 0.5) is 0 Å². The standard InChI is InChI=1S/C15H19N3O2S2/c1-10-8-17-13(22-10)9-16-12(7-11-5-6-21-18-11)14(19)20-15(2,3)4/h5-6,8-9,12H,7H2,1-4H3. The summed E-state index contributed by atoms with van der Waals surface area (Å²) >= 11 is 2.90. The lowest BCUT2D eigenvalue weighted by Gasteiger charge is -2.22. The Kier molecular flexibility index (Phi) is 5.42. The number of ether oxygens (including phenoxy) is 1. The molecule has 0 N–H and O–H groups in total. The molecule has 2 heterocycles. The van der Waals surface area contributed by atoms with Crippen molar-refractivity contribution >= 4 is 35.1 Å². The summed E-state index contributed by atoms with van der Waals surface area (Å²) in [5.41, 5.74) is 0.304. The number of nitrogens with zero attached hydrogens (tertiary/aromatic N) is 3.